The lowest BCUT2D eigenvalue weighted by Gasteiger charge is -2.24. The van der Waals surface area contributed by atoms with Crippen LogP contribution in [0.15, 0.2) is 54.6 Å². The molecule has 3 unspecified atom stereocenters. The number of allylic oxidation sites excluding steroid dienone is 1. The Hall–Kier alpha value is -3.16. The maximum atomic E-state index is 13.7. The van der Waals surface area contributed by atoms with Crippen LogP contribution in [0, 0.1) is 11.7 Å². The summed E-state index contributed by atoms with van der Waals surface area (Å²) in [7, 11) is 1.30. The predicted octanol–water partition coefficient (Wildman–Crippen LogP) is 5.77. The summed E-state index contributed by atoms with van der Waals surface area (Å²) in [6, 6.07) is 8.87. The van der Waals surface area contributed by atoms with Crippen molar-refractivity contribution in [3.63, 3.8) is 0 Å². The third-order valence-electron chi connectivity index (χ3n) is 5.94. The first-order chi connectivity index (χ1) is 15.8. The highest BCUT2D eigenvalue weighted by Crippen LogP contribution is 2.36. The van der Waals surface area contributed by atoms with Crippen LogP contribution in [0.2, 0.25) is 0 Å². The van der Waals surface area contributed by atoms with E-state index in [-0.39, 0.29) is 11.3 Å². The third kappa shape index (κ3) is 5.85. The Morgan fingerprint density at radius 3 is 2.21 bits per heavy atom. The summed E-state index contributed by atoms with van der Waals surface area (Å²) < 4.78 is 57.6. The molecule has 4 nitrogen and oxygen atoms in total. The molecule has 182 valence electrons. The monoisotopic (exact) mass is 477 g/mol. The largest absolute Gasteiger partial charge is 0.469 e. The van der Waals surface area contributed by atoms with Gasteiger partial charge in [0.15, 0.2) is 0 Å². The summed E-state index contributed by atoms with van der Waals surface area (Å²) in [5, 5.41) is 2.61. The number of carbonyl (C=O) groups is 2. The standard InChI is InChI=1S/C26H27F4NO3/c1-25(2,3)18-8-5-15(6-9-18)22(24(33)34-4)16-7-10-21(13-16)31-23(32)17-11-19(26(28,29)30)14-20(27)12-17/h5-12,14,16,21-22H,13H2,1-4H3,(H,31,32). The first kappa shape index (κ1) is 25.5. The number of nitrogens with one attached hydrogen (secondary N) is 1. The molecule has 1 aliphatic rings. The molecule has 0 saturated heterocycles. The van der Waals surface area contributed by atoms with E-state index in [4.69, 9.17) is 4.74 Å². The van der Waals surface area contributed by atoms with Crippen molar-refractivity contribution in [3.8, 4) is 0 Å². The fourth-order valence-electron chi connectivity index (χ4n) is 4.09. The number of hydrogen-bond donors (Lipinski definition) is 1. The maximum absolute atomic E-state index is 13.7. The van der Waals surface area contributed by atoms with E-state index in [9.17, 15) is 27.2 Å². The van der Waals surface area contributed by atoms with E-state index >= 15 is 0 Å². The van der Waals surface area contributed by atoms with E-state index in [0.29, 0.717) is 18.6 Å². The Bertz CT molecular complexity index is 1080. The molecule has 0 aromatic heterocycles. The third-order valence-corrected chi connectivity index (χ3v) is 5.94. The molecular weight excluding hydrogens is 450 g/mol. The number of benzene rings is 2. The molecule has 0 fully saturated rings. The van der Waals surface area contributed by atoms with Crippen LogP contribution in [0.3, 0.4) is 0 Å². The molecule has 0 saturated carbocycles. The molecule has 1 aliphatic carbocycles. The van der Waals surface area contributed by atoms with Crippen molar-refractivity contribution in [2.24, 2.45) is 5.92 Å². The van der Waals surface area contributed by atoms with Crippen molar-refractivity contribution in [1.29, 1.82) is 0 Å². The number of esters is 1. The Labute approximate surface area is 196 Å². The average Bonchev–Trinajstić information content (AvgIpc) is 3.20. The normalized spacial score (nSPS) is 19.1. The second kappa shape index (κ2) is 9.60. The van der Waals surface area contributed by atoms with Crippen LogP contribution in [0.1, 0.15) is 60.2 Å². The van der Waals surface area contributed by atoms with Crippen LogP contribution in [0.4, 0.5) is 17.6 Å². The molecule has 2 aromatic rings. The van der Waals surface area contributed by atoms with Gasteiger partial charge in [-0.3, -0.25) is 9.59 Å². The minimum atomic E-state index is -4.77. The fourth-order valence-corrected chi connectivity index (χ4v) is 4.09. The quantitative estimate of drug-likeness (QED) is 0.338. The minimum Gasteiger partial charge on any atom is -0.469 e. The topological polar surface area (TPSA) is 55.4 Å². The predicted molar refractivity (Wildman–Crippen MR) is 120 cm³/mol. The maximum Gasteiger partial charge on any atom is 0.416 e. The lowest BCUT2D eigenvalue weighted by Crippen LogP contribution is -2.34. The highest BCUT2D eigenvalue weighted by molar-refractivity contribution is 5.94. The fraction of sp³-hybridized carbons (Fsp3) is 0.385. The van der Waals surface area contributed by atoms with E-state index < -0.39 is 47.0 Å². The molecule has 0 aliphatic heterocycles. The summed E-state index contributed by atoms with van der Waals surface area (Å²) in [6.07, 6.45) is -0.956. The van der Waals surface area contributed by atoms with Crippen LogP contribution in [-0.4, -0.2) is 25.0 Å². The molecule has 0 heterocycles. The first-order valence-electron chi connectivity index (χ1n) is 10.8. The number of rotatable bonds is 5. The highest BCUT2D eigenvalue weighted by atomic mass is 19.4. The second-order valence-corrected chi connectivity index (χ2v) is 9.46. The van der Waals surface area contributed by atoms with Gasteiger partial charge < -0.3 is 10.1 Å². The van der Waals surface area contributed by atoms with Crippen molar-refractivity contribution in [2.75, 3.05) is 7.11 Å². The molecule has 1 amide bonds. The number of halogens is 4. The zero-order valence-corrected chi connectivity index (χ0v) is 19.4. The van der Waals surface area contributed by atoms with E-state index in [1.165, 1.54) is 7.11 Å². The van der Waals surface area contributed by atoms with Crippen LogP contribution in [0.25, 0.3) is 0 Å². The van der Waals surface area contributed by atoms with Crippen molar-refractivity contribution in [3.05, 3.63) is 82.7 Å². The molecule has 0 radical (unpaired) electrons. The number of carbonyl (C=O) groups excluding carboxylic acids is 2. The van der Waals surface area contributed by atoms with Gasteiger partial charge in [0, 0.05) is 11.6 Å². The van der Waals surface area contributed by atoms with Crippen molar-refractivity contribution in [1.82, 2.24) is 5.32 Å². The zero-order chi connectivity index (χ0) is 25.3. The Morgan fingerprint density at radius 1 is 1.00 bits per heavy atom. The number of hydrogen-bond acceptors (Lipinski definition) is 3. The van der Waals surface area contributed by atoms with Gasteiger partial charge in [0.1, 0.15) is 5.82 Å². The Morgan fingerprint density at radius 2 is 1.65 bits per heavy atom. The lowest BCUT2D eigenvalue weighted by atomic mass is 9.82. The van der Waals surface area contributed by atoms with Crippen molar-refractivity contribution < 1.29 is 31.9 Å². The van der Waals surface area contributed by atoms with Crippen LogP contribution < -0.4 is 5.32 Å². The SMILES string of the molecule is COC(=O)C(c1ccc(C(C)(C)C)cc1)C1C=CC(NC(=O)c2cc(F)cc(C(F)(F)F)c2)C1. The molecule has 34 heavy (non-hydrogen) atoms. The van der Waals surface area contributed by atoms with Gasteiger partial charge in [-0.15, -0.1) is 0 Å². The van der Waals surface area contributed by atoms with Gasteiger partial charge in [-0.2, -0.15) is 13.2 Å². The molecule has 2 aromatic carbocycles. The second-order valence-electron chi connectivity index (χ2n) is 9.46. The summed E-state index contributed by atoms with van der Waals surface area (Å²) >= 11 is 0. The van der Waals surface area contributed by atoms with Crippen LogP contribution in [0.5, 0.6) is 0 Å². The van der Waals surface area contributed by atoms with Gasteiger partial charge in [0.2, 0.25) is 0 Å². The molecule has 8 heteroatoms. The van der Waals surface area contributed by atoms with Gasteiger partial charge >= 0.3 is 12.1 Å². The Balaban J connectivity index is 1.75. The van der Waals surface area contributed by atoms with Crippen LogP contribution in [-0.2, 0) is 21.1 Å². The van der Waals surface area contributed by atoms with Gasteiger partial charge in [-0.25, -0.2) is 4.39 Å². The summed E-state index contributed by atoms with van der Waals surface area (Å²) in [6.45, 7) is 6.26. The zero-order valence-electron chi connectivity index (χ0n) is 19.4. The number of alkyl halides is 3. The van der Waals surface area contributed by atoms with Gasteiger partial charge in [0.05, 0.1) is 18.6 Å². The summed E-state index contributed by atoms with van der Waals surface area (Å²) in [5.41, 5.74) is 0.167. The van der Waals surface area contributed by atoms with Gasteiger partial charge in [-0.05, 0) is 47.1 Å². The van der Waals surface area contributed by atoms with Gasteiger partial charge in [-0.1, -0.05) is 57.2 Å². The van der Waals surface area contributed by atoms with Crippen LogP contribution >= 0.6 is 0 Å². The number of amides is 1. The van der Waals surface area contributed by atoms with Gasteiger partial charge in [0.25, 0.3) is 5.91 Å². The summed E-state index contributed by atoms with van der Waals surface area (Å²) in [4.78, 5) is 25.1. The van der Waals surface area contributed by atoms with E-state index in [2.05, 4.69) is 26.1 Å². The molecule has 3 atom stereocenters. The Kier molecular flexibility index (Phi) is 7.19. The molecular formula is C26H27F4NO3. The van der Waals surface area contributed by atoms with Crippen molar-refractivity contribution in [2.45, 2.75) is 50.7 Å². The first-order valence-corrected chi connectivity index (χ1v) is 10.8. The number of ether oxygens (including phenoxy) is 1. The molecule has 3 rings (SSSR count). The minimum absolute atomic E-state index is 0.0508. The highest BCUT2D eigenvalue weighted by Gasteiger charge is 2.35. The molecule has 0 bridgehead atoms. The average molecular weight is 477 g/mol. The molecule has 0 spiro atoms. The summed E-state index contributed by atoms with van der Waals surface area (Å²) in [5.74, 6) is -3.31. The smallest absolute Gasteiger partial charge is 0.416 e. The number of methoxy groups -OCH3 is 1. The van der Waals surface area contributed by atoms with E-state index in [1.54, 1.807) is 12.2 Å². The van der Waals surface area contributed by atoms with E-state index in [1.807, 2.05) is 24.3 Å². The van der Waals surface area contributed by atoms with Crippen molar-refractivity contribution >= 4 is 11.9 Å². The molecule has 1 N–H and O–H groups in total. The lowest BCUT2D eigenvalue weighted by molar-refractivity contribution is -0.143. The van der Waals surface area contributed by atoms with E-state index in [0.717, 1.165) is 17.2 Å².